The zero-order chi connectivity index (χ0) is 12.7. The van der Waals surface area contributed by atoms with Crippen molar-refractivity contribution in [2.24, 2.45) is 23.5 Å². The van der Waals surface area contributed by atoms with Gasteiger partial charge in [0.15, 0.2) is 0 Å². The Kier molecular flexibility index (Phi) is 3.50. The van der Waals surface area contributed by atoms with E-state index in [1.165, 1.54) is 47.7 Å². The van der Waals surface area contributed by atoms with Crippen molar-refractivity contribution in [2.75, 3.05) is 0 Å². The van der Waals surface area contributed by atoms with E-state index in [0.29, 0.717) is 0 Å². The molecule has 1 nitrogen and oxygen atoms in total. The van der Waals surface area contributed by atoms with Gasteiger partial charge in [-0.1, -0.05) is 34.5 Å². The van der Waals surface area contributed by atoms with E-state index >= 15 is 0 Å². The first-order chi connectivity index (χ1) is 8.63. The number of fused-ring (bicyclic) bond motifs is 2. The minimum absolute atomic E-state index is 0.198. The van der Waals surface area contributed by atoms with Crippen LogP contribution in [-0.2, 0) is 0 Å². The van der Waals surface area contributed by atoms with Gasteiger partial charge in [-0.15, -0.1) is 0 Å². The first kappa shape index (κ1) is 12.7. The van der Waals surface area contributed by atoms with Gasteiger partial charge in [0.05, 0.1) is 0 Å². The van der Waals surface area contributed by atoms with Crippen LogP contribution in [0.15, 0.2) is 22.7 Å². The third-order valence-corrected chi connectivity index (χ3v) is 5.68. The molecule has 0 radical (unpaired) electrons. The molecule has 2 bridgehead atoms. The fraction of sp³-hybridized carbons (Fsp3) is 0.625. The number of halogens is 1. The normalized spacial score (nSPS) is 31.8. The summed E-state index contributed by atoms with van der Waals surface area (Å²) < 4.78 is 1.18. The monoisotopic (exact) mass is 307 g/mol. The Morgan fingerprint density at radius 3 is 2.78 bits per heavy atom. The summed E-state index contributed by atoms with van der Waals surface area (Å²) >= 11 is 3.66. The van der Waals surface area contributed by atoms with Gasteiger partial charge in [-0.05, 0) is 67.6 Å². The average Bonchev–Trinajstić information content (AvgIpc) is 2.90. The Morgan fingerprint density at radius 1 is 1.33 bits per heavy atom. The lowest BCUT2D eigenvalue weighted by Crippen LogP contribution is -2.19. The molecule has 2 N–H and O–H groups in total. The molecule has 2 saturated carbocycles. The van der Waals surface area contributed by atoms with Gasteiger partial charge in [0.2, 0.25) is 0 Å². The summed E-state index contributed by atoms with van der Waals surface area (Å²) in [6, 6.07) is 6.73. The average molecular weight is 308 g/mol. The van der Waals surface area contributed by atoms with E-state index in [-0.39, 0.29) is 6.04 Å². The maximum absolute atomic E-state index is 6.43. The molecule has 2 heteroatoms. The Hall–Kier alpha value is -0.340. The van der Waals surface area contributed by atoms with Crippen LogP contribution in [0.3, 0.4) is 0 Å². The van der Waals surface area contributed by atoms with Crippen LogP contribution in [0.5, 0.6) is 0 Å². The van der Waals surface area contributed by atoms with Gasteiger partial charge < -0.3 is 5.73 Å². The van der Waals surface area contributed by atoms with Gasteiger partial charge in [-0.3, -0.25) is 0 Å². The van der Waals surface area contributed by atoms with E-state index in [1.54, 1.807) is 0 Å². The Morgan fingerprint density at radius 2 is 2.17 bits per heavy atom. The highest BCUT2D eigenvalue weighted by Crippen LogP contribution is 2.50. The largest absolute Gasteiger partial charge is 0.324 e. The molecule has 1 aromatic carbocycles. The zero-order valence-electron chi connectivity index (χ0n) is 11.0. The molecular weight excluding hydrogens is 286 g/mol. The maximum Gasteiger partial charge on any atom is 0.0308 e. The quantitative estimate of drug-likeness (QED) is 0.869. The molecule has 0 aromatic heterocycles. The second-order valence-electron chi connectivity index (χ2n) is 6.30. The van der Waals surface area contributed by atoms with E-state index in [0.717, 1.165) is 17.8 Å². The molecule has 98 valence electrons. The SMILES string of the molecule is Cc1ccc(C(N)CC2CC3CCC2C3)c(Br)c1. The van der Waals surface area contributed by atoms with Crippen LogP contribution >= 0.6 is 15.9 Å². The van der Waals surface area contributed by atoms with E-state index in [1.807, 2.05) is 0 Å². The van der Waals surface area contributed by atoms with Crippen molar-refractivity contribution in [3.05, 3.63) is 33.8 Å². The predicted octanol–water partition coefficient (Wildman–Crippen LogP) is 4.58. The van der Waals surface area contributed by atoms with E-state index in [2.05, 4.69) is 41.1 Å². The first-order valence-electron chi connectivity index (χ1n) is 7.15. The van der Waals surface area contributed by atoms with E-state index in [4.69, 9.17) is 5.73 Å². The molecule has 2 aliphatic rings. The van der Waals surface area contributed by atoms with Crippen LogP contribution in [0.1, 0.15) is 49.3 Å². The zero-order valence-corrected chi connectivity index (χ0v) is 12.6. The highest BCUT2D eigenvalue weighted by Gasteiger charge is 2.39. The minimum atomic E-state index is 0.198. The van der Waals surface area contributed by atoms with Crippen LogP contribution in [0.2, 0.25) is 0 Å². The minimum Gasteiger partial charge on any atom is -0.324 e. The van der Waals surface area contributed by atoms with Gasteiger partial charge in [0.25, 0.3) is 0 Å². The fourth-order valence-electron chi connectivity index (χ4n) is 4.05. The van der Waals surface area contributed by atoms with Gasteiger partial charge in [0.1, 0.15) is 0 Å². The van der Waals surface area contributed by atoms with Crippen molar-refractivity contribution in [1.82, 2.24) is 0 Å². The van der Waals surface area contributed by atoms with Gasteiger partial charge in [-0.2, -0.15) is 0 Å². The number of hydrogen-bond acceptors (Lipinski definition) is 1. The number of benzene rings is 1. The van der Waals surface area contributed by atoms with Crippen molar-refractivity contribution in [2.45, 2.75) is 45.1 Å². The third kappa shape index (κ3) is 2.37. The molecule has 2 fully saturated rings. The molecule has 0 aliphatic heterocycles. The Labute approximate surface area is 118 Å². The lowest BCUT2D eigenvalue weighted by atomic mass is 9.83. The summed E-state index contributed by atoms with van der Waals surface area (Å²) in [6.07, 6.45) is 7.01. The van der Waals surface area contributed by atoms with Crippen LogP contribution < -0.4 is 5.73 Å². The Balaban J connectivity index is 1.69. The summed E-state index contributed by atoms with van der Waals surface area (Å²) in [5.74, 6) is 2.88. The molecule has 3 rings (SSSR count). The van der Waals surface area contributed by atoms with Crippen LogP contribution in [0.4, 0.5) is 0 Å². The molecule has 18 heavy (non-hydrogen) atoms. The number of rotatable bonds is 3. The molecule has 0 saturated heterocycles. The van der Waals surface area contributed by atoms with Crippen molar-refractivity contribution >= 4 is 15.9 Å². The predicted molar refractivity (Wildman–Crippen MR) is 79.4 cm³/mol. The smallest absolute Gasteiger partial charge is 0.0308 e. The van der Waals surface area contributed by atoms with Crippen LogP contribution in [-0.4, -0.2) is 0 Å². The van der Waals surface area contributed by atoms with Crippen molar-refractivity contribution in [3.8, 4) is 0 Å². The van der Waals surface area contributed by atoms with Crippen molar-refractivity contribution in [1.29, 1.82) is 0 Å². The molecule has 4 unspecified atom stereocenters. The molecule has 0 spiro atoms. The van der Waals surface area contributed by atoms with Gasteiger partial charge >= 0.3 is 0 Å². The highest BCUT2D eigenvalue weighted by molar-refractivity contribution is 9.10. The fourth-order valence-corrected chi connectivity index (χ4v) is 4.84. The van der Waals surface area contributed by atoms with Crippen LogP contribution in [0, 0.1) is 24.7 Å². The maximum atomic E-state index is 6.43. The topological polar surface area (TPSA) is 26.0 Å². The molecule has 0 amide bonds. The molecular formula is C16H22BrN. The molecule has 2 aliphatic carbocycles. The second kappa shape index (κ2) is 4.97. The number of hydrogen-bond donors (Lipinski definition) is 1. The molecule has 4 atom stereocenters. The van der Waals surface area contributed by atoms with Crippen molar-refractivity contribution < 1.29 is 0 Å². The lowest BCUT2D eigenvalue weighted by molar-refractivity contribution is 0.296. The highest BCUT2D eigenvalue weighted by atomic mass is 79.9. The van der Waals surface area contributed by atoms with Gasteiger partial charge in [-0.25, -0.2) is 0 Å². The third-order valence-electron chi connectivity index (χ3n) is 5.00. The van der Waals surface area contributed by atoms with E-state index < -0.39 is 0 Å². The standard InChI is InChI=1S/C16H22BrN/c1-10-2-5-14(15(17)6-10)16(18)9-13-8-11-3-4-12(13)7-11/h2,5-6,11-13,16H,3-4,7-9,18H2,1H3. The Bertz CT molecular complexity index is 443. The second-order valence-corrected chi connectivity index (χ2v) is 7.16. The molecule has 0 heterocycles. The number of nitrogens with two attached hydrogens (primary N) is 1. The van der Waals surface area contributed by atoms with Crippen molar-refractivity contribution in [3.63, 3.8) is 0 Å². The molecule has 1 aromatic rings. The summed E-state index contributed by atoms with van der Waals surface area (Å²) in [7, 11) is 0. The summed E-state index contributed by atoms with van der Waals surface area (Å²) in [5, 5.41) is 0. The summed E-state index contributed by atoms with van der Waals surface area (Å²) in [6.45, 7) is 2.12. The van der Waals surface area contributed by atoms with E-state index in [9.17, 15) is 0 Å². The first-order valence-corrected chi connectivity index (χ1v) is 7.94. The number of aryl methyl sites for hydroxylation is 1. The summed E-state index contributed by atoms with van der Waals surface area (Å²) in [4.78, 5) is 0. The van der Waals surface area contributed by atoms with Crippen LogP contribution in [0.25, 0.3) is 0 Å². The lowest BCUT2D eigenvalue weighted by Gasteiger charge is -2.25. The summed E-state index contributed by atoms with van der Waals surface area (Å²) in [5.41, 5.74) is 9.00. The van der Waals surface area contributed by atoms with Gasteiger partial charge in [0, 0.05) is 10.5 Å².